The molecule has 0 unspecified atom stereocenters. The highest BCUT2D eigenvalue weighted by molar-refractivity contribution is 5.92. The van der Waals surface area contributed by atoms with Gasteiger partial charge in [-0.05, 0) is 18.6 Å². The molecule has 1 atom stereocenters. The van der Waals surface area contributed by atoms with Crippen molar-refractivity contribution in [3.8, 4) is 5.75 Å². The van der Waals surface area contributed by atoms with Crippen LogP contribution in [0.1, 0.15) is 35.4 Å². The molecule has 2 aromatic rings. The number of amides is 1. The van der Waals surface area contributed by atoms with Crippen molar-refractivity contribution in [2.45, 2.75) is 26.0 Å². The lowest BCUT2D eigenvalue weighted by Crippen LogP contribution is -2.30. The van der Waals surface area contributed by atoms with E-state index in [1.54, 1.807) is 25.1 Å². The third kappa shape index (κ3) is 4.35. The zero-order chi connectivity index (χ0) is 16.8. The molecule has 8 heteroatoms. The monoisotopic (exact) mass is 323 g/mol. The Kier molecular flexibility index (Phi) is 5.40. The van der Waals surface area contributed by atoms with Gasteiger partial charge in [0.05, 0.1) is 6.04 Å². The second-order valence-corrected chi connectivity index (χ2v) is 4.66. The van der Waals surface area contributed by atoms with Gasteiger partial charge in [0.2, 0.25) is 0 Å². The van der Waals surface area contributed by atoms with E-state index in [0.717, 1.165) is 0 Å². The van der Waals surface area contributed by atoms with Crippen LogP contribution in [0, 0.1) is 0 Å². The zero-order valence-corrected chi connectivity index (χ0v) is 12.3. The summed E-state index contributed by atoms with van der Waals surface area (Å²) < 4.78 is 29.4. The van der Waals surface area contributed by atoms with Crippen molar-refractivity contribution < 1.29 is 18.3 Å². The number of alkyl halides is 2. The normalized spacial score (nSPS) is 12.0. The van der Waals surface area contributed by atoms with Crippen LogP contribution in [0.3, 0.4) is 0 Å². The number of halogens is 2. The molecule has 0 radical (unpaired) electrons. The largest absolute Gasteiger partial charge is 0.434 e. The molecule has 0 bridgehead atoms. The van der Waals surface area contributed by atoms with Gasteiger partial charge in [0.1, 0.15) is 11.4 Å². The van der Waals surface area contributed by atoms with E-state index in [0.29, 0.717) is 12.0 Å². The molecule has 0 spiro atoms. The molecule has 0 fully saturated rings. The fourth-order valence-electron chi connectivity index (χ4n) is 2.07. The minimum atomic E-state index is -2.95. The second kappa shape index (κ2) is 7.48. The Labute approximate surface area is 130 Å². The first-order valence-corrected chi connectivity index (χ1v) is 6.91. The highest BCUT2D eigenvalue weighted by Crippen LogP contribution is 2.28. The maximum absolute atomic E-state index is 12.5. The lowest BCUT2D eigenvalue weighted by molar-refractivity contribution is -0.0506. The smallest absolute Gasteiger partial charge is 0.387 e. The SMILES string of the molecule is CC[C@@H](NC(=O)c1ccc(=O)[nH]n1)c1ccccc1OC(F)F. The van der Waals surface area contributed by atoms with E-state index in [1.165, 1.54) is 18.2 Å². The van der Waals surface area contributed by atoms with Gasteiger partial charge < -0.3 is 10.1 Å². The van der Waals surface area contributed by atoms with Crippen LogP contribution in [0.5, 0.6) is 5.75 Å². The molecule has 0 saturated heterocycles. The molecular weight excluding hydrogens is 308 g/mol. The summed E-state index contributed by atoms with van der Waals surface area (Å²) in [5, 5.41) is 8.47. The number of aromatic amines is 1. The Bertz CT molecular complexity index is 713. The van der Waals surface area contributed by atoms with Crippen molar-refractivity contribution >= 4 is 5.91 Å². The number of hydrogen-bond acceptors (Lipinski definition) is 4. The number of carbonyl (C=O) groups excluding carboxylic acids is 1. The van der Waals surface area contributed by atoms with Gasteiger partial charge in [-0.2, -0.15) is 13.9 Å². The van der Waals surface area contributed by atoms with Crippen molar-refractivity contribution in [3.05, 3.63) is 58.0 Å². The predicted molar refractivity (Wildman–Crippen MR) is 78.4 cm³/mol. The molecule has 2 N–H and O–H groups in total. The summed E-state index contributed by atoms with van der Waals surface area (Å²) >= 11 is 0. The lowest BCUT2D eigenvalue weighted by Gasteiger charge is -2.20. The molecule has 122 valence electrons. The first-order valence-electron chi connectivity index (χ1n) is 6.91. The van der Waals surface area contributed by atoms with Crippen molar-refractivity contribution in [1.29, 1.82) is 0 Å². The number of nitrogens with zero attached hydrogens (tertiary/aromatic N) is 1. The number of carbonyl (C=O) groups is 1. The summed E-state index contributed by atoms with van der Waals surface area (Å²) in [7, 11) is 0. The van der Waals surface area contributed by atoms with E-state index in [1.807, 2.05) is 0 Å². The van der Waals surface area contributed by atoms with E-state index < -0.39 is 24.1 Å². The molecule has 0 aliphatic rings. The summed E-state index contributed by atoms with van der Waals surface area (Å²) in [5.41, 5.74) is 0.0349. The van der Waals surface area contributed by atoms with Gasteiger partial charge in [-0.3, -0.25) is 9.59 Å². The number of H-pyrrole nitrogens is 1. The van der Waals surface area contributed by atoms with Gasteiger partial charge in [0.25, 0.3) is 11.5 Å². The van der Waals surface area contributed by atoms with Crippen LogP contribution < -0.4 is 15.6 Å². The maximum Gasteiger partial charge on any atom is 0.387 e. The highest BCUT2D eigenvalue weighted by Gasteiger charge is 2.20. The molecule has 2 rings (SSSR count). The first kappa shape index (κ1) is 16.6. The van der Waals surface area contributed by atoms with E-state index in [4.69, 9.17) is 0 Å². The van der Waals surface area contributed by atoms with E-state index in [2.05, 4.69) is 20.3 Å². The van der Waals surface area contributed by atoms with Gasteiger partial charge in [0, 0.05) is 11.6 Å². The van der Waals surface area contributed by atoms with Gasteiger partial charge in [-0.1, -0.05) is 25.1 Å². The quantitative estimate of drug-likeness (QED) is 0.854. The molecule has 0 saturated carbocycles. The van der Waals surface area contributed by atoms with Crippen LogP contribution in [-0.2, 0) is 0 Å². The Hall–Kier alpha value is -2.77. The fourth-order valence-corrected chi connectivity index (χ4v) is 2.07. The summed E-state index contributed by atoms with van der Waals surface area (Å²) in [6.07, 6.45) is 0.457. The van der Waals surface area contributed by atoms with E-state index in [-0.39, 0.29) is 11.4 Å². The summed E-state index contributed by atoms with van der Waals surface area (Å²) in [4.78, 5) is 23.1. The van der Waals surface area contributed by atoms with Crippen molar-refractivity contribution in [3.63, 3.8) is 0 Å². The van der Waals surface area contributed by atoms with Crippen LogP contribution in [-0.4, -0.2) is 22.7 Å². The van der Waals surface area contributed by atoms with Crippen molar-refractivity contribution in [1.82, 2.24) is 15.5 Å². The van der Waals surface area contributed by atoms with Crippen molar-refractivity contribution in [2.24, 2.45) is 0 Å². The summed E-state index contributed by atoms with van der Waals surface area (Å²) in [6, 6.07) is 8.17. The van der Waals surface area contributed by atoms with Crippen LogP contribution in [0.4, 0.5) is 8.78 Å². The van der Waals surface area contributed by atoms with Crippen LogP contribution in [0.2, 0.25) is 0 Å². The number of aromatic nitrogens is 2. The number of para-hydroxylation sites is 1. The maximum atomic E-state index is 12.5. The zero-order valence-electron chi connectivity index (χ0n) is 12.3. The Morgan fingerprint density at radius 1 is 1.30 bits per heavy atom. The molecule has 23 heavy (non-hydrogen) atoms. The molecule has 0 aliphatic heterocycles. The first-order chi connectivity index (χ1) is 11.0. The Morgan fingerprint density at radius 2 is 2.04 bits per heavy atom. The number of rotatable bonds is 6. The average molecular weight is 323 g/mol. The number of nitrogens with one attached hydrogen (secondary N) is 2. The molecule has 1 aromatic heterocycles. The predicted octanol–water partition coefficient (Wildman–Crippen LogP) is 2.25. The lowest BCUT2D eigenvalue weighted by atomic mass is 10.0. The van der Waals surface area contributed by atoms with E-state index in [9.17, 15) is 18.4 Å². The minimum absolute atomic E-state index is 0.00378. The van der Waals surface area contributed by atoms with Crippen LogP contribution in [0.15, 0.2) is 41.2 Å². The highest BCUT2D eigenvalue weighted by atomic mass is 19.3. The molecule has 1 heterocycles. The Morgan fingerprint density at radius 3 is 2.65 bits per heavy atom. The number of benzene rings is 1. The van der Waals surface area contributed by atoms with E-state index >= 15 is 0 Å². The second-order valence-electron chi connectivity index (χ2n) is 4.66. The molecule has 1 amide bonds. The Balaban J connectivity index is 2.21. The van der Waals surface area contributed by atoms with Gasteiger partial charge in [0.15, 0.2) is 0 Å². The van der Waals surface area contributed by atoms with Crippen LogP contribution in [0.25, 0.3) is 0 Å². The number of hydrogen-bond donors (Lipinski definition) is 2. The summed E-state index contributed by atoms with van der Waals surface area (Å²) in [5.74, 6) is -0.524. The average Bonchev–Trinajstić information content (AvgIpc) is 2.53. The standard InChI is InChI=1S/C15H15F2N3O3/c1-2-10(9-5-3-4-6-12(9)23-15(16)17)18-14(22)11-7-8-13(21)20-19-11/h3-8,10,15H,2H2,1H3,(H,18,22)(H,20,21)/t10-/m1/s1. The van der Waals surface area contributed by atoms with Gasteiger partial charge >= 0.3 is 6.61 Å². The molecule has 0 aliphatic carbocycles. The third-order valence-electron chi connectivity index (χ3n) is 3.14. The fraction of sp³-hybridized carbons (Fsp3) is 0.267. The molecular formula is C15H15F2N3O3. The molecule has 6 nitrogen and oxygen atoms in total. The third-order valence-corrected chi connectivity index (χ3v) is 3.14. The number of ether oxygens (including phenoxy) is 1. The van der Waals surface area contributed by atoms with Gasteiger partial charge in [-0.15, -0.1) is 0 Å². The molecule has 1 aromatic carbocycles. The summed E-state index contributed by atoms with van der Waals surface area (Å²) in [6.45, 7) is -1.16. The van der Waals surface area contributed by atoms with Gasteiger partial charge in [-0.25, -0.2) is 5.10 Å². The van der Waals surface area contributed by atoms with Crippen LogP contribution >= 0.6 is 0 Å². The minimum Gasteiger partial charge on any atom is -0.434 e. The topological polar surface area (TPSA) is 84.1 Å². The van der Waals surface area contributed by atoms with Crippen molar-refractivity contribution in [2.75, 3.05) is 0 Å².